The van der Waals surface area contributed by atoms with Crippen LogP contribution in [-0.4, -0.2) is 46.0 Å². The van der Waals surface area contributed by atoms with Crippen molar-refractivity contribution in [1.29, 1.82) is 0 Å². The van der Waals surface area contributed by atoms with Gasteiger partial charge in [0.15, 0.2) is 5.17 Å². The highest BCUT2D eigenvalue weighted by atomic mass is 32.2. The summed E-state index contributed by atoms with van der Waals surface area (Å²) in [7, 11) is 3.21. The molecular formula is C12H22N4O2S. The van der Waals surface area contributed by atoms with Gasteiger partial charge in [-0.25, -0.2) is 9.80 Å². The molecule has 1 atom stereocenters. The fourth-order valence-electron chi connectivity index (χ4n) is 1.59. The molecule has 1 aliphatic heterocycles. The number of hydrogen-bond acceptors (Lipinski definition) is 4. The first-order valence-corrected chi connectivity index (χ1v) is 7.15. The molecule has 0 aliphatic carbocycles. The van der Waals surface area contributed by atoms with E-state index in [1.165, 1.54) is 21.7 Å². The molecule has 1 unspecified atom stereocenters. The van der Waals surface area contributed by atoms with Crippen molar-refractivity contribution in [3.05, 3.63) is 0 Å². The Morgan fingerprint density at radius 3 is 2.53 bits per heavy atom. The summed E-state index contributed by atoms with van der Waals surface area (Å²) in [6.07, 6.45) is 0.755. The number of rotatable bonds is 2. The summed E-state index contributed by atoms with van der Waals surface area (Å²) >= 11 is 1.44. The minimum absolute atomic E-state index is 0.0304. The predicted molar refractivity (Wildman–Crippen MR) is 77.6 cm³/mol. The Morgan fingerprint density at radius 1 is 1.53 bits per heavy atom. The fraction of sp³-hybridized carbons (Fsp3) is 0.750. The third-order valence-corrected chi connectivity index (χ3v) is 4.55. The van der Waals surface area contributed by atoms with Crippen LogP contribution >= 0.6 is 11.8 Å². The molecule has 6 nitrogen and oxygen atoms in total. The van der Waals surface area contributed by atoms with Gasteiger partial charge in [0, 0.05) is 20.0 Å². The topological polar surface area (TPSA) is 65.0 Å². The number of nitrogens with one attached hydrogen (secondary N) is 1. The van der Waals surface area contributed by atoms with Gasteiger partial charge in [-0.15, -0.1) is 5.10 Å². The van der Waals surface area contributed by atoms with E-state index < -0.39 is 4.87 Å². The number of carbonyl (C=O) groups excluding carboxylic acids is 2. The van der Waals surface area contributed by atoms with Gasteiger partial charge in [-0.2, -0.15) is 0 Å². The SMILES string of the molecule is CCC1(C)SC(N(C)C(=O)NC)=NN1C(=O)C(C)C. The second-order valence-corrected chi connectivity index (χ2v) is 6.38. The van der Waals surface area contributed by atoms with E-state index >= 15 is 0 Å². The van der Waals surface area contributed by atoms with E-state index in [0.29, 0.717) is 5.17 Å². The number of carbonyl (C=O) groups is 2. The lowest BCUT2D eigenvalue weighted by Crippen LogP contribution is -2.42. The van der Waals surface area contributed by atoms with E-state index in [1.807, 2.05) is 27.7 Å². The summed E-state index contributed by atoms with van der Waals surface area (Å²) in [5.41, 5.74) is 0. The first-order valence-electron chi connectivity index (χ1n) is 6.34. The molecule has 0 fully saturated rings. The minimum Gasteiger partial charge on any atom is -0.341 e. The molecule has 108 valence electrons. The highest BCUT2D eigenvalue weighted by Crippen LogP contribution is 2.41. The maximum Gasteiger partial charge on any atom is 0.322 e. The zero-order chi connectivity index (χ0) is 14.8. The smallest absolute Gasteiger partial charge is 0.322 e. The maximum absolute atomic E-state index is 12.2. The van der Waals surface area contributed by atoms with Crippen molar-refractivity contribution in [2.75, 3.05) is 14.1 Å². The van der Waals surface area contributed by atoms with Crippen LogP contribution in [0.15, 0.2) is 5.10 Å². The van der Waals surface area contributed by atoms with Crippen molar-refractivity contribution in [1.82, 2.24) is 15.2 Å². The monoisotopic (exact) mass is 286 g/mol. The van der Waals surface area contributed by atoms with Crippen molar-refractivity contribution in [2.45, 2.75) is 39.0 Å². The van der Waals surface area contributed by atoms with Crippen molar-refractivity contribution >= 4 is 28.9 Å². The number of hydrogen-bond donors (Lipinski definition) is 1. The fourth-order valence-corrected chi connectivity index (χ4v) is 2.69. The number of urea groups is 1. The molecule has 0 radical (unpaired) electrons. The molecule has 3 amide bonds. The number of thioether (sulfide) groups is 1. The van der Waals surface area contributed by atoms with Crippen molar-refractivity contribution < 1.29 is 9.59 Å². The number of amides is 3. The average Bonchev–Trinajstić information content (AvgIpc) is 2.74. The molecule has 0 bridgehead atoms. The highest BCUT2D eigenvalue weighted by molar-refractivity contribution is 8.15. The van der Waals surface area contributed by atoms with Crippen LogP contribution < -0.4 is 5.32 Å². The van der Waals surface area contributed by atoms with E-state index in [0.717, 1.165) is 6.42 Å². The molecule has 0 aromatic heterocycles. The van der Waals surface area contributed by atoms with E-state index in [-0.39, 0.29) is 17.9 Å². The third-order valence-electron chi connectivity index (χ3n) is 3.11. The summed E-state index contributed by atoms with van der Waals surface area (Å²) in [5.74, 6) is -0.156. The molecule has 0 spiro atoms. The first kappa shape index (κ1) is 15.8. The van der Waals surface area contributed by atoms with Crippen molar-refractivity contribution in [3.8, 4) is 0 Å². The van der Waals surface area contributed by atoms with Crippen LogP contribution in [-0.2, 0) is 4.79 Å². The summed E-state index contributed by atoms with van der Waals surface area (Å²) in [4.78, 5) is 24.8. The van der Waals surface area contributed by atoms with Crippen LogP contribution in [0.2, 0.25) is 0 Å². The molecule has 1 aliphatic rings. The molecule has 1 rings (SSSR count). The molecular weight excluding hydrogens is 264 g/mol. The Bertz CT molecular complexity index is 411. The molecule has 1 heterocycles. The van der Waals surface area contributed by atoms with Gasteiger partial charge in [0.25, 0.3) is 0 Å². The second kappa shape index (κ2) is 5.81. The largest absolute Gasteiger partial charge is 0.341 e. The van der Waals surface area contributed by atoms with Gasteiger partial charge < -0.3 is 5.32 Å². The van der Waals surface area contributed by atoms with Gasteiger partial charge in [0.2, 0.25) is 5.91 Å². The Morgan fingerprint density at radius 2 is 2.11 bits per heavy atom. The Kier molecular flexibility index (Phi) is 4.84. The lowest BCUT2D eigenvalue weighted by molar-refractivity contribution is -0.137. The quantitative estimate of drug-likeness (QED) is 0.843. The van der Waals surface area contributed by atoms with Crippen LogP contribution in [0.1, 0.15) is 34.1 Å². The zero-order valence-corrected chi connectivity index (χ0v) is 13.2. The van der Waals surface area contributed by atoms with Gasteiger partial charge in [-0.1, -0.05) is 32.5 Å². The van der Waals surface area contributed by atoms with Crippen molar-refractivity contribution in [3.63, 3.8) is 0 Å². The standard InChI is InChI=1S/C12H22N4O2S/c1-7-12(4)16(9(17)8(2)3)14-11(19-12)15(6)10(18)13-5/h8H,7H2,1-6H3,(H,13,18). The van der Waals surface area contributed by atoms with Gasteiger partial charge in [-0.05, 0) is 13.3 Å². The van der Waals surface area contributed by atoms with Crippen LogP contribution in [0.3, 0.4) is 0 Å². The van der Waals surface area contributed by atoms with Crippen LogP contribution in [0.25, 0.3) is 0 Å². The summed E-state index contributed by atoms with van der Waals surface area (Å²) in [6, 6.07) is -0.247. The molecule has 7 heteroatoms. The lowest BCUT2D eigenvalue weighted by atomic mass is 10.1. The van der Waals surface area contributed by atoms with E-state index in [4.69, 9.17) is 0 Å². The molecule has 0 saturated heterocycles. The number of hydrazone groups is 1. The lowest BCUT2D eigenvalue weighted by Gasteiger charge is -2.31. The van der Waals surface area contributed by atoms with Crippen molar-refractivity contribution in [2.24, 2.45) is 11.0 Å². The summed E-state index contributed by atoms with van der Waals surface area (Å²) in [6.45, 7) is 7.66. The molecule has 19 heavy (non-hydrogen) atoms. The molecule has 0 saturated carbocycles. The number of amidine groups is 1. The van der Waals surface area contributed by atoms with Gasteiger partial charge in [0.1, 0.15) is 4.87 Å². The normalized spacial score (nSPS) is 22.5. The predicted octanol–water partition coefficient (Wildman–Crippen LogP) is 1.89. The molecule has 1 N–H and O–H groups in total. The van der Waals surface area contributed by atoms with E-state index in [1.54, 1.807) is 14.1 Å². The van der Waals surface area contributed by atoms with Crippen LogP contribution in [0.4, 0.5) is 4.79 Å². The third kappa shape index (κ3) is 3.02. The Labute approximate surface area is 118 Å². The summed E-state index contributed by atoms with van der Waals surface area (Å²) in [5, 5.41) is 8.92. The molecule has 0 aromatic carbocycles. The maximum atomic E-state index is 12.2. The van der Waals surface area contributed by atoms with Gasteiger partial charge >= 0.3 is 6.03 Å². The minimum atomic E-state index is -0.432. The van der Waals surface area contributed by atoms with Gasteiger partial charge in [0.05, 0.1) is 0 Å². The Balaban J connectivity index is 3.03. The number of nitrogens with zero attached hydrogens (tertiary/aromatic N) is 3. The van der Waals surface area contributed by atoms with Crippen LogP contribution in [0, 0.1) is 5.92 Å². The van der Waals surface area contributed by atoms with Gasteiger partial charge in [-0.3, -0.25) is 9.69 Å². The Hall–Kier alpha value is -1.24. The van der Waals surface area contributed by atoms with Crippen LogP contribution in [0.5, 0.6) is 0 Å². The second-order valence-electron chi connectivity index (χ2n) is 4.93. The highest BCUT2D eigenvalue weighted by Gasteiger charge is 2.44. The van der Waals surface area contributed by atoms with E-state index in [9.17, 15) is 9.59 Å². The first-order chi connectivity index (χ1) is 8.76. The average molecular weight is 286 g/mol. The van der Waals surface area contributed by atoms with E-state index in [2.05, 4.69) is 10.4 Å². The molecule has 0 aromatic rings. The summed E-state index contributed by atoms with van der Waals surface area (Å²) < 4.78 is 0. The zero-order valence-electron chi connectivity index (χ0n) is 12.4.